The summed E-state index contributed by atoms with van der Waals surface area (Å²) in [7, 11) is 0. The molecule has 2 nitrogen and oxygen atoms in total. The molecule has 2 aromatic heterocycles. The zero-order valence-electron chi connectivity index (χ0n) is 28.6. The van der Waals surface area contributed by atoms with Crippen LogP contribution in [0.15, 0.2) is 176 Å². The number of benzene rings is 8. The summed E-state index contributed by atoms with van der Waals surface area (Å²) in [6, 6.07) is 65.3. The zero-order chi connectivity index (χ0) is 34.1. The number of aromatic nitrogens is 2. The van der Waals surface area contributed by atoms with Crippen LogP contribution in [0.5, 0.6) is 0 Å². The lowest BCUT2D eigenvalue weighted by Gasteiger charge is -2.35. The van der Waals surface area contributed by atoms with Crippen LogP contribution in [-0.4, -0.2) is 9.13 Å². The normalized spacial score (nSPS) is 15.5. The maximum absolute atomic E-state index is 2.54. The SMILES string of the molecule is CC12c3ccccc3-c3cccc(c31)-n1c3ccc(-c4ccc5c(c4)c4ccccc4n5-c4cccc(-c5ccccc5)c4)cc3c3cccc2c31. The molecule has 2 heteroatoms. The third-order valence-corrected chi connectivity index (χ3v) is 12.1. The highest BCUT2D eigenvalue weighted by molar-refractivity contribution is 6.15. The zero-order valence-corrected chi connectivity index (χ0v) is 28.6. The van der Waals surface area contributed by atoms with Crippen molar-refractivity contribution >= 4 is 43.6 Å². The van der Waals surface area contributed by atoms with E-state index in [0.717, 1.165) is 0 Å². The summed E-state index contributed by atoms with van der Waals surface area (Å²) in [5.41, 5.74) is 19.1. The molecule has 0 bridgehead atoms. The van der Waals surface area contributed by atoms with Crippen LogP contribution < -0.4 is 0 Å². The Kier molecular flexibility index (Phi) is 5.40. The minimum Gasteiger partial charge on any atom is -0.309 e. The Morgan fingerprint density at radius 3 is 1.85 bits per heavy atom. The number of para-hydroxylation sites is 2. The second-order valence-electron chi connectivity index (χ2n) is 14.6. The van der Waals surface area contributed by atoms with Crippen LogP contribution in [0.1, 0.15) is 23.6 Å². The van der Waals surface area contributed by atoms with Crippen molar-refractivity contribution in [2.24, 2.45) is 0 Å². The number of rotatable bonds is 3. The fraction of sp³-hybridized carbons (Fsp3) is 0.0400. The van der Waals surface area contributed by atoms with Gasteiger partial charge in [0.25, 0.3) is 0 Å². The molecule has 10 aromatic rings. The van der Waals surface area contributed by atoms with E-state index in [9.17, 15) is 0 Å². The highest BCUT2D eigenvalue weighted by atomic mass is 15.0. The second-order valence-corrected chi connectivity index (χ2v) is 14.6. The molecule has 8 aromatic carbocycles. The first-order valence-corrected chi connectivity index (χ1v) is 18.2. The summed E-state index contributed by atoms with van der Waals surface area (Å²) in [6.45, 7) is 2.44. The van der Waals surface area contributed by atoms with Gasteiger partial charge in [-0.25, -0.2) is 0 Å². The van der Waals surface area contributed by atoms with E-state index in [4.69, 9.17) is 0 Å². The molecule has 1 aliphatic carbocycles. The van der Waals surface area contributed by atoms with Gasteiger partial charge in [0.2, 0.25) is 0 Å². The van der Waals surface area contributed by atoms with Crippen LogP contribution in [0.4, 0.5) is 0 Å². The summed E-state index contributed by atoms with van der Waals surface area (Å²) in [5, 5.41) is 5.13. The summed E-state index contributed by atoms with van der Waals surface area (Å²) in [5.74, 6) is 0. The van der Waals surface area contributed by atoms with Gasteiger partial charge in [0.05, 0.1) is 27.8 Å². The van der Waals surface area contributed by atoms with Gasteiger partial charge in [-0.15, -0.1) is 0 Å². The van der Waals surface area contributed by atoms with Gasteiger partial charge < -0.3 is 9.13 Å². The molecular formula is C50H32N2. The third-order valence-electron chi connectivity index (χ3n) is 12.1. The third kappa shape index (κ3) is 3.49. The Bertz CT molecular complexity index is 3140. The first kappa shape index (κ1) is 28.1. The monoisotopic (exact) mass is 660 g/mol. The molecule has 0 saturated carbocycles. The minimum atomic E-state index is -0.199. The molecule has 0 radical (unpaired) electrons. The molecule has 12 rings (SSSR count). The summed E-state index contributed by atoms with van der Waals surface area (Å²) in [4.78, 5) is 0. The van der Waals surface area contributed by atoms with Crippen molar-refractivity contribution in [3.8, 4) is 44.8 Å². The average molecular weight is 661 g/mol. The maximum Gasteiger partial charge on any atom is 0.0585 e. The van der Waals surface area contributed by atoms with E-state index in [2.05, 4.69) is 192 Å². The smallest absolute Gasteiger partial charge is 0.0585 e. The molecule has 0 fully saturated rings. The number of hydrogen-bond acceptors (Lipinski definition) is 0. The van der Waals surface area contributed by atoms with E-state index in [1.54, 1.807) is 0 Å². The van der Waals surface area contributed by atoms with Crippen molar-refractivity contribution in [2.45, 2.75) is 12.3 Å². The predicted molar refractivity (Wildman–Crippen MR) is 217 cm³/mol. The van der Waals surface area contributed by atoms with Gasteiger partial charge >= 0.3 is 0 Å². The van der Waals surface area contributed by atoms with Gasteiger partial charge in [0.1, 0.15) is 0 Å². The second kappa shape index (κ2) is 9.99. The molecule has 1 atom stereocenters. The molecule has 1 aliphatic heterocycles. The lowest BCUT2D eigenvalue weighted by atomic mass is 9.71. The van der Waals surface area contributed by atoms with Crippen molar-refractivity contribution in [2.75, 3.05) is 0 Å². The minimum absolute atomic E-state index is 0.199. The van der Waals surface area contributed by atoms with Crippen LogP contribution in [-0.2, 0) is 5.41 Å². The van der Waals surface area contributed by atoms with Crippen molar-refractivity contribution in [1.82, 2.24) is 9.13 Å². The van der Waals surface area contributed by atoms with E-state index in [0.29, 0.717) is 0 Å². The fourth-order valence-electron chi connectivity index (χ4n) is 9.83. The molecule has 3 heterocycles. The molecule has 52 heavy (non-hydrogen) atoms. The highest BCUT2D eigenvalue weighted by Crippen LogP contribution is 2.59. The molecule has 0 spiro atoms. The molecule has 0 saturated heterocycles. The fourth-order valence-corrected chi connectivity index (χ4v) is 9.83. The van der Waals surface area contributed by atoms with Crippen LogP contribution in [0.2, 0.25) is 0 Å². The molecule has 0 amide bonds. The molecule has 1 unspecified atom stereocenters. The van der Waals surface area contributed by atoms with E-state index >= 15 is 0 Å². The first-order valence-electron chi connectivity index (χ1n) is 18.2. The van der Waals surface area contributed by atoms with Gasteiger partial charge in [-0.2, -0.15) is 0 Å². The van der Waals surface area contributed by atoms with E-state index in [1.807, 2.05) is 0 Å². The summed E-state index contributed by atoms with van der Waals surface area (Å²) < 4.78 is 4.95. The number of fused-ring (bicyclic) bond motifs is 11. The Morgan fingerprint density at radius 2 is 0.981 bits per heavy atom. The Morgan fingerprint density at radius 1 is 0.385 bits per heavy atom. The molecule has 2 aliphatic rings. The van der Waals surface area contributed by atoms with Gasteiger partial charge in [-0.3, -0.25) is 0 Å². The van der Waals surface area contributed by atoms with Crippen LogP contribution in [0, 0.1) is 0 Å². The largest absolute Gasteiger partial charge is 0.309 e. The molecule has 0 N–H and O–H groups in total. The molecular weight excluding hydrogens is 629 g/mol. The topological polar surface area (TPSA) is 9.86 Å². The standard InChI is InChI=1S/C50H32N2/c1-50-42-20-7-5-16-36(42)38-18-11-23-47(48(38)50)52-46-27-25-34(30-41(46)39-19-10-21-43(50)49(39)52)33-24-26-45-40(29-33)37-17-6-8-22-44(37)51(45)35-15-9-14-32(28-35)31-12-3-2-4-13-31/h2-30H,1H3. The summed E-state index contributed by atoms with van der Waals surface area (Å²) >= 11 is 0. The lowest BCUT2D eigenvalue weighted by Crippen LogP contribution is -2.28. The number of nitrogens with zero attached hydrogens (tertiary/aromatic N) is 2. The highest BCUT2D eigenvalue weighted by Gasteiger charge is 2.46. The predicted octanol–water partition coefficient (Wildman–Crippen LogP) is 12.9. The van der Waals surface area contributed by atoms with E-state index in [-0.39, 0.29) is 5.41 Å². The van der Waals surface area contributed by atoms with Crippen LogP contribution in [0.3, 0.4) is 0 Å². The van der Waals surface area contributed by atoms with Crippen LogP contribution >= 0.6 is 0 Å². The van der Waals surface area contributed by atoms with Gasteiger partial charge in [-0.05, 0) is 106 Å². The van der Waals surface area contributed by atoms with Crippen molar-refractivity contribution in [1.29, 1.82) is 0 Å². The Balaban J connectivity index is 1.06. The van der Waals surface area contributed by atoms with Gasteiger partial charge in [-0.1, -0.05) is 127 Å². The average Bonchev–Trinajstić information content (AvgIpc) is 3.82. The maximum atomic E-state index is 2.54. The summed E-state index contributed by atoms with van der Waals surface area (Å²) in [6.07, 6.45) is 0. The van der Waals surface area contributed by atoms with Crippen molar-refractivity contribution < 1.29 is 0 Å². The van der Waals surface area contributed by atoms with Crippen LogP contribution in [0.25, 0.3) is 88.4 Å². The lowest BCUT2D eigenvalue weighted by molar-refractivity contribution is 0.699. The van der Waals surface area contributed by atoms with Crippen molar-refractivity contribution in [3.63, 3.8) is 0 Å². The van der Waals surface area contributed by atoms with E-state index < -0.39 is 0 Å². The quantitative estimate of drug-likeness (QED) is 0.178. The van der Waals surface area contributed by atoms with E-state index in [1.165, 1.54) is 105 Å². The molecule has 242 valence electrons. The Labute approximate surface area is 301 Å². The Hall–Kier alpha value is -6.64. The first-order chi connectivity index (χ1) is 25.7. The van der Waals surface area contributed by atoms with Gasteiger partial charge in [0.15, 0.2) is 0 Å². The number of hydrogen-bond donors (Lipinski definition) is 0. The van der Waals surface area contributed by atoms with Gasteiger partial charge in [0, 0.05) is 32.6 Å². The van der Waals surface area contributed by atoms with Crippen molar-refractivity contribution in [3.05, 3.63) is 193 Å².